The molecule has 0 spiro atoms. The monoisotopic (exact) mass is 309 g/mol. The first-order valence-electron chi connectivity index (χ1n) is 7.15. The van der Waals surface area contributed by atoms with Gasteiger partial charge in [0.15, 0.2) is 0 Å². The molecule has 21 heavy (non-hydrogen) atoms. The highest BCUT2D eigenvalue weighted by atomic mass is 35.5. The van der Waals surface area contributed by atoms with Crippen molar-refractivity contribution in [2.24, 2.45) is 11.7 Å². The first-order valence-corrected chi connectivity index (χ1v) is 7.15. The van der Waals surface area contributed by atoms with E-state index < -0.39 is 0 Å². The van der Waals surface area contributed by atoms with Crippen LogP contribution < -0.4 is 5.73 Å². The first kappa shape index (κ1) is 16.1. The Bertz CT molecular complexity index is 619. The van der Waals surface area contributed by atoms with Crippen LogP contribution in [0.2, 0.25) is 0 Å². The summed E-state index contributed by atoms with van der Waals surface area (Å²) in [6, 6.07) is 7.48. The Morgan fingerprint density at radius 2 is 2.19 bits per heavy atom. The molecule has 2 atom stereocenters. The molecule has 1 aliphatic heterocycles. The molecule has 2 N–H and O–H groups in total. The molecule has 2 heterocycles. The molecular formula is C16H21ClFN3. The summed E-state index contributed by atoms with van der Waals surface area (Å²) < 4.78 is 13.8. The highest BCUT2D eigenvalue weighted by Crippen LogP contribution is 2.27. The lowest BCUT2D eigenvalue weighted by Crippen LogP contribution is -2.27. The second kappa shape index (κ2) is 6.69. The molecular weight excluding hydrogens is 289 g/mol. The summed E-state index contributed by atoms with van der Waals surface area (Å²) in [5.41, 5.74) is 7.64. The molecule has 0 amide bonds. The van der Waals surface area contributed by atoms with Crippen LogP contribution in [0.1, 0.15) is 18.9 Å². The first-order chi connectivity index (χ1) is 9.69. The summed E-state index contributed by atoms with van der Waals surface area (Å²) in [5.74, 6) is 0.371. The van der Waals surface area contributed by atoms with Crippen molar-refractivity contribution in [2.45, 2.75) is 25.9 Å². The third-order valence-electron chi connectivity index (χ3n) is 4.30. The minimum absolute atomic E-state index is 0. The van der Waals surface area contributed by atoms with Crippen LogP contribution in [-0.2, 0) is 6.54 Å². The molecule has 1 fully saturated rings. The molecule has 114 valence electrons. The van der Waals surface area contributed by atoms with Gasteiger partial charge in [-0.3, -0.25) is 9.88 Å². The Kier molecular flexibility index (Phi) is 5.14. The normalized spacial score (nSPS) is 22.4. The van der Waals surface area contributed by atoms with E-state index in [9.17, 15) is 4.39 Å². The Morgan fingerprint density at radius 3 is 2.90 bits per heavy atom. The van der Waals surface area contributed by atoms with Crippen molar-refractivity contribution in [1.82, 2.24) is 9.88 Å². The highest BCUT2D eigenvalue weighted by Gasteiger charge is 2.28. The molecule has 0 aliphatic carbocycles. The molecule has 2 unspecified atom stereocenters. The molecule has 5 heteroatoms. The van der Waals surface area contributed by atoms with E-state index >= 15 is 0 Å². The van der Waals surface area contributed by atoms with Crippen LogP contribution in [-0.4, -0.2) is 29.0 Å². The summed E-state index contributed by atoms with van der Waals surface area (Å²) in [6.07, 6.45) is 2.87. The van der Waals surface area contributed by atoms with E-state index in [0.717, 1.165) is 37.1 Å². The fourth-order valence-electron chi connectivity index (χ4n) is 3.15. The lowest BCUT2D eigenvalue weighted by Gasteiger charge is -2.21. The smallest absolute Gasteiger partial charge is 0.132 e. The van der Waals surface area contributed by atoms with E-state index in [1.165, 1.54) is 0 Å². The van der Waals surface area contributed by atoms with Crippen molar-refractivity contribution in [3.05, 3.63) is 41.8 Å². The van der Waals surface area contributed by atoms with Crippen LogP contribution in [0.3, 0.4) is 0 Å². The van der Waals surface area contributed by atoms with E-state index in [2.05, 4.69) is 16.8 Å². The van der Waals surface area contributed by atoms with Gasteiger partial charge in [0.05, 0.1) is 5.52 Å². The van der Waals surface area contributed by atoms with Gasteiger partial charge in [-0.05, 0) is 49.6 Å². The molecule has 0 saturated carbocycles. The van der Waals surface area contributed by atoms with Crippen LogP contribution in [0.5, 0.6) is 0 Å². The van der Waals surface area contributed by atoms with Gasteiger partial charge in [-0.15, -0.1) is 12.4 Å². The number of benzene rings is 1. The zero-order valence-electron chi connectivity index (χ0n) is 12.1. The third kappa shape index (κ3) is 3.18. The molecule has 1 aliphatic rings. The Hall–Kier alpha value is -1.23. The maximum Gasteiger partial charge on any atom is 0.132 e. The van der Waals surface area contributed by atoms with Gasteiger partial charge in [0.2, 0.25) is 0 Å². The number of likely N-dealkylation sites (tertiary alicyclic amines) is 1. The number of halogens is 2. The van der Waals surface area contributed by atoms with Crippen molar-refractivity contribution >= 4 is 23.3 Å². The predicted molar refractivity (Wildman–Crippen MR) is 86.0 cm³/mol. The Balaban J connectivity index is 0.00000161. The lowest BCUT2D eigenvalue weighted by atomic mass is 10.1. The molecule has 1 saturated heterocycles. The number of nitrogens with two attached hydrogens (primary N) is 1. The van der Waals surface area contributed by atoms with Crippen molar-refractivity contribution < 1.29 is 4.39 Å². The number of hydrogen-bond donors (Lipinski definition) is 1. The summed E-state index contributed by atoms with van der Waals surface area (Å²) in [5, 5.41) is 0.604. The molecule has 3 rings (SSSR count). The summed E-state index contributed by atoms with van der Waals surface area (Å²) >= 11 is 0. The minimum atomic E-state index is -0.203. The van der Waals surface area contributed by atoms with Crippen molar-refractivity contribution in [1.29, 1.82) is 0 Å². The van der Waals surface area contributed by atoms with Crippen LogP contribution >= 0.6 is 12.4 Å². The zero-order valence-corrected chi connectivity index (χ0v) is 12.9. The van der Waals surface area contributed by atoms with Gasteiger partial charge in [0.1, 0.15) is 5.82 Å². The number of nitrogens with zero attached hydrogens (tertiary/aromatic N) is 2. The third-order valence-corrected chi connectivity index (χ3v) is 4.30. The van der Waals surface area contributed by atoms with E-state index in [1.807, 2.05) is 6.07 Å². The SMILES string of the molecule is CC1CC(CN)CN1Cc1ccc(F)c2cccnc12.Cl. The minimum Gasteiger partial charge on any atom is -0.330 e. The van der Waals surface area contributed by atoms with Crippen molar-refractivity contribution in [3.8, 4) is 0 Å². The molecule has 0 bridgehead atoms. The largest absolute Gasteiger partial charge is 0.330 e. The van der Waals surface area contributed by atoms with Gasteiger partial charge in [-0.2, -0.15) is 0 Å². The molecule has 1 aromatic carbocycles. The quantitative estimate of drug-likeness (QED) is 0.948. The summed E-state index contributed by atoms with van der Waals surface area (Å²) in [6.45, 7) is 4.80. The van der Waals surface area contributed by atoms with Gasteiger partial charge in [-0.25, -0.2) is 4.39 Å². The fraction of sp³-hybridized carbons (Fsp3) is 0.438. The Labute approximate surface area is 130 Å². The standard InChI is InChI=1S/C16H20FN3.ClH/c1-11-7-12(8-18)9-20(11)10-13-4-5-15(17)14-3-2-6-19-16(13)14;/h2-6,11-12H,7-10,18H2,1H3;1H. The van der Waals surface area contributed by atoms with E-state index in [-0.39, 0.29) is 18.2 Å². The summed E-state index contributed by atoms with van der Waals surface area (Å²) in [4.78, 5) is 6.77. The average molecular weight is 310 g/mol. The number of hydrogen-bond acceptors (Lipinski definition) is 3. The van der Waals surface area contributed by atoms with Gasteiger partial charge in [0, 0.05) is 30.7 Å². The number of pyridine rings is 1. The number of fused-ring (bicyclic) bond motifs is 1. The maximum absolute atomic E-state index is 13.8. The number of aromatic nitrogens is 1. The lowest BCUT2D eigenvalue weighted by molar-refractivity contribution is 0.256. The van der Waals surface area contributed by atoms with E-state index in [1.54, 1.807) is 24.4 Å². The van der Waals surface area contributed by atoms with Crippen LogP contribution in [0, 0.1) is 11.7 Å². The van der Waals surface area contributed by atoms with E-state index in [0.29, 0.717) is 17.3 Å². The molecule has 3 nitrogen and oxygen atoms in total. The maximum atomic E-state index is 13.8. The second-order valence-electron chi connectivity index (χ2n) is 5.72. The fourth-order valence-corrected chi connectivity index (χ4v) is 3.15. The molecule has 0 radical (unpaired) electrons. The highest BCUT2D eigenvalue weighted by molar-refractivity contribution is 5.85. The van der Waals surface area contributed by atoms with E-state index in [4.69, 9.17) is 5.73 Å². The van der Waals surface area contributed by atoms with Crippen LogP contribution in [0.25, 0.3) is 10.9 Å². The predicted octanol–water partition coefficient (Wildman–Crippen LogP) is 2.96. The zero-order chi connectivity index (χ0) is 14.1. The van der Waals surface area contributed by atoms with Gasteiger partial charge in [0.25, 0.3) is 0 Å². The summed E-state index contributed by atoms with van der Waals surface area (Å²) in [7, 11) is 0. The van der Waals surface area contributed by atoms with Gasteiger partial charge in [-0.1, -0.05) is 6.07 Å². The topological polar surface area (TPSA) is 42.1 Å². The van der Waals surface area contributed by atoms with Crippen molar-refractivity contribution in [2.75, 3.05) is 13.1 Å². The number of rotatable bonds is 3. The Morgan fingerprint density at radius 1 is 1.38 bits per heavy atom. The molecule has 2 aromatic rings. The van der Waals surface area contributed by atoms with Crippen molar-refractivity contribution in [3.63, 3.8) is 0 Å². The molecule has 1 aromatic heterocycles. The van der Waals surface area contributed by atoms with Crippen LogP contribution in [0.4, 0.5) is 4.39 Å². The second-order valence-corrected chi connectivity index (χ2v) is 5.72. The van der Waals surface area contributed by atoms with Crippen LogP contribution in [0.15, 0.2) is 30.5 Å². The average Bonchev–Trinajstić information content (AvgIpc) is 2.83. The van der Waals surface area contributed by atoms with Gasteiger partial charge >= 0.3 is 0 Å². The van der Waals surface area contributed by atoms with Gasteiger partial charge < -0.3 is 5.73 Å².